The van der Waals surface area contributed by atoms with Gasteiger partial charge in [-0.3, -0.25) is 0 Å². The van der Waals surface area contributed by atoms with Gasteiger partial charge in [-0.15, -0.1) is 0 Å². The highest BCUT2D eigenvalue weighted by Crippen LogP contribution is 2.15. The molecular weight excluding hydrogens is 194 g/mol. The van der Waals surface area contributed by atoms with Gasteiger partial charge in [0.1, 0.15) is 18.1 Å². The second-order valence-electron chi connectivity index (χ2n) is 2.97. The highest BCUT2D eigenvalue weighted by atomic mass is 16.5. The lowest BCUT2D eigenvalue weighted by Crippen LogP contribution is -2.10. The maximum Gasteiger partial charge on any atom is 0.119 e. The van der Waals surface area contributed by atoms with Crippen LogP contribution in [0.3, 0.4) is 0 Å². The second-order valence-corrected chi connectivity index (χ2v) is 2.97. The van der Waals surface area contributed by atoms with Crippen LogP contribution in [-0.4, -0.2) is 26.7 Å². The standard InChI is InChI=1S/C10H11N3O2/c14-9-1-3-10(4-2-9)15-8-7-13-11-5-6-12-13/h1-6,14H,7-8H2. The van der Waals surface area contributed by atoms with Crippen LogP contribution in [0.15, 0.2) is 36.7 Å². The summed E-state index contributed by atoms with van der Waals surface area (Å²) in [5.41, 5.74) is 0. The lowest BCUT2D eigenvalue weighted by atomic mass is 10.3. The zero-order valence-corrected chi connectivity index (χ0v) is 8.08. The minimum absolute atomic E-state index is 0.232. The van der Waals surface area contributed by atoms with Gasteiger partial charge in [0.2, 0.25) is 0 Å². The van der Waals surface area contributed by atoms with Gasteiger partial charge in [0, 0.05) is 0 Å². The van der Waals surface area contributed by atoms with Gasteiger partial charge >= 0.3 is 0 Å². The summed E-state index contributed by atoms with van der Waals surface area (Å²) in [6.07, 6.45) is 3.25. The van der Waals surface area contributed by atoms with E-state index in [2.05, 4.69) is 10.2 Å². The van der Waals surface area contributed by atoms with Gasteiger partial charge in [0.05, 0.1) is 18.9 Å². The molecule has 0 aliphatic rings. The van der Waals surface area contributed by atoms with Gasteiger partial charge in [0.25, 0.3) is 0 Å². The normalized spacial score (nSPS) is 10.1. The monoisotopic (exact) mass is 205 g/mol. The molecule has 1 N–H and O–H groups in total. The van der Waals surface area contributed by atoms with Gasteiger partial charge in [0.15, 0.2) is 0 Å². The molecular formula is C10H11N3O2. The average molecular weight is 205 g/mol. The molecule has 0 radical (unpaired) electrons. The molecule has 15 heavy (non-hydrogen) atoms. The number of rotatable bonds is 4. The molecule has 0 spiro atoms. The summed E-state index contributed by atoms with van der Waals surface area (Å²) in [7, 11) is 0. The Bertz CT molecular complexity index is 397. The quantitative estimate of drug-likeness (QED) is 0.810. The summed E-state index contributed by atoms with van der Waals surface area (Å²) in [6.45, 7) is 1.10. The zero-order chi connectivity index (χ0) is 10.5. The first-order valence-corrected chi connectivity index (χ1v) is 4.60. The number of hydrogen-bond acceptors (Lipinski definition) is 4. The van der Waals surface area contributed by atoms with Crippen LogP contribution in [-0.2, 0) is 6.54 Å². The summed E-state index contributed by atoms with van der Waals surface area (Å²) in [5.74, 6) is 0.955. The highest BCUT2D eigenvalue weighted by Gasteiger charge is 1.95. The molecule has 0 aliphatic heterocycles. The van der Waals surface area contributed by atoms with Gasteiger partial charge in [-0.25, -0.2) is 0 Å². The van der Waals surface area contributed by atoms with Crippen LogP contribution in [0, 0.1) is 0 Å². The summed E-state index contributed by atoms with van der Waals surface area (Å²) in [6, 6.07) is 6.60. The maximum absolute atomic E-state index is 9.05. The smallest absolute Gasteiger partial charge is 0.119 e. The van der Waals surface area contributed by atoms with Crippen molar-refractivity contribution >= 4 is 0 Å². The van der Waals surface area contributed by atoms with Gasteiger partial charge in [-0.1, -0.05) is 0 Å². The Balaban J connectivity index is 1.81. The average Bonchev–Trinajstić information content (AvgIpc) is 2.74. The third-order valence-corrected chi connectivity index (χ3v) is 1.86. The lowest BCUT2D eigenvalue weighted by molar-refractivity contribution is 0.281. The molecule has 0 bridgehead atoms. The van der Waals surface area contributed by atoms with E-state index in [1.54, 1.807) is 41.5 Å². The fourth-order valence-corrected chi connectivity index (χ4v) is 1.15. The van der Waals surface area contributed by atoms with E-state index in [0.717, 1.165) is 5.75 Å². The van der Waals surface area contributed by atoms with Gasteiger partial charge in [-0.2, -0.15) is 15.0 Å². The van der Waals surface area contributed by atoms with Gasteiger partial charge in [-0.05, 0) is 24.3 Å². The third kappa shape index (κ3) is 2.70. The molecule has 2 rings (SSSR count). The first-order valence-electron chi connectivity index (χ1n) is 4.60. The van der Waals surface area contributed by atoms with E-state index in [-0.39, 0.29) is 5.75 Å². The summed E-state index contributed by atoms with van der Waals surface area (Å²) in [4.78, 5) is 1.56. The molecule has 78 valence electrons. The molecule has 0 fully saturated rings. The van der Waals surface area contributed by atoms with Crippen LogP contribution in [0.1, 0.15) is 0 Å². The van der Waals surface area contributed by atoms with E-state index in [0.29, 0.717) is 13.2 Å². The molecule has 5 nitrogen and oxygen atoms in total. The van der Waals surface area contributed by atoms with E-state index < -0.39 is 0 Å². The lowest BCUT2D eigenvalue weighted by Gasteiger charge is -2.05. The molecule has 0 unspecified atom stereocenters. The fourth-order valence-electron chi connectivity index (χ4n) is 1.15. The Morgan fingerprint density at radius 3 is 2.47 bits per heavy atom. The summed E-state index contributed by atoms with van der Waals surface area (Å²) in [5, 5.41) is 16.9. The van der Waals surface area contributed by atoms with Crippen LogP contribution >= 0.6 is 0 Å². The van der Waals surface area contributed by atoms with Crippen LogP contribution in [0.25, 0.3) is 0 Å². The van der Waals surface area contributed by atoms with E-state index in [1.165, 1.54) is 0 Å². The van der Waals surface area contributed by atoms with E-state index in [1.807, 2.05) is 0 Å². The van der Waals surface area contributed by atoms with E-state index in [9.17, 15) is 0 Å². The number of phenols is 1. The number of hydrogen-bond donors (Lipinski definition) is 1. The topological polar surface area (TPSA) is 60.2 Å². The van der Waals surface area contributed by atoms with Crippen molar-refractivity contribution in [2.75, 3.05) is 6.61 Å². The van der Waals surface area contributed by atoms with Gasteiger partial charge < -0.3 is 9.84 Å². The van der Waals surface area contributed by atoms with Crippen molar-refractivity contribution in [2.45, 2.75) is 6.54 Å². The molecule has 0 saturated carbocycles. The number of phenolic OH excluding ortho intramolecular Hbond substituents is 1. The van der Waals surface area contributed by atoms with Crippen molar-refractivity contribution in [3.05, 3.63) is 36.7 Å². The Hall–Kier alpha value is -2.04. The number of nitrogens with zero attached hydrogens (tertiary/aromatic N) is 3. The fraction of sp³-hybridized carbons (Fsp3) is 0.200. The van der Waals surface area contributed by atoms with E-state index >= 15 is 0 Å². The van der Waals surface area contributed by atoms with E-state index in [4.69, 9.17) is 9.84 Å². The minimum Gasteiger partial charge on any atom is -0.508 e. The van der Waals surface area contributed by atoms with Crippen molar-refractivity contribution in [1.29, 1.82) is 0 Å². The highest BCUT2D eigenvalue weighted by molar-refractivity contribution is 5.29. The molecule has 1 aromatic carbocycles. The maximum atomic E-state index is 9.05. The molecule has 5 heteroatoms. The largest absolute Gasteiger partial charge is 0.508 e. The van der Waals surface area contributed by atoms with Crippen LogP contribution in [0.5, 0.6) is 11.5 Å². The van der Waals surface area contributed by atoms with Crippen molar-refractivity contribution in [3.63, 3.8) is 0 Å². The first kappa shape index (κ1) is 9.51. The molecule has 1 heterocycles. The number of aromatic hydroxyl groups is 1. The number of benzene rings is 1. The third-order valence-electron chi connectivity index (χ3n) is 1.86. The summed E-state index contributed by atoms with van der Waals surface area (Å²) < 4.78 is 5.42. The van der Waals surface area contributed by atoms with Crippen LogP contribution in [0.2, 0.25) is 0 Å². The summed E-state index contributed by atoms with van der Waals surface area (Å²) >= 11 is 0. The van der Waals surface area contributed by atoms with Crippen LogP contribution in [0.4, 0.5) is 0 Å². The molecule has 0 atom stereocenters. The molecule has 2 aromatic rings. The Kier molecular flexibility index (Phi) is 2.82. The van der Waals surface area contributed by atoms with Crippen molar-refractivity contribution in [2.24, 2.45) is 0 Å². The Morgan fingerprint density at radius 2 is 1.80 bits per heavy atom. The SMILES string of the molecule is Oc1ccc(OCCn2nccn2)cc1. The first-order chi connectivity index (χ1) is 7.34. The molecule has 1 aromatic heterocycles. The molecule has 0 aliphatic carbocycles. The molecule has 0 saturated heterocycles. The Labute approximate surface area is 86.9 Å². The zero-order valence-electron chi connectivity index (χ0n) is 8.08. The van der Waals surface area contributed by atoms with Crippen molar-refractivity contribution < 1.29 is 9.84 Å². The van der Waals surface area contributed by atoms with Crippen LogP contribution < -0.4 is 4.74 Å². The predicted molar refractivity (Wildman–Crippen MR) is 53.6 cm³/mol. The Morgan fingerprint density at radius 1 is 1.13 bits per heavy atom. The minimum atomic E-state index is 0.232. The predicted octanol–water partition coefficient (Wildman–Crippen LogP) is 1.06. The number of ether oxygens (including phenoxy) is 1. The number of aromatic nitrogens is 3. The van der Waals surface area contributed by atoms with Crippen molar-refractivity contribution in [3.8, 4) is 11.5 Å². The van der Waals surface area contributed by atoms with Crippen molar-refractivity contribution in [1.82, 2.24) is 15.0 Å². The molecule has 0 amide bonds. The second kappa shape index (κ2) is 4.45.